The van der Waals surface area contributed by atoms with Gasteiger partial charge in [0, 0.05) is 5.56 Å². The topological polar surface area (TPSA) is 77.2 Å². The molecule has 0 heterocycles. The van der Waals surface area contributed by atoms with Gasteiger partial charge in [-0.25, -0.2) is 8.42 Å². The normalized spacial score (nSPS) is 10.1. The van der Waals surface area contributed by atoms with Gasteiger partial charge in [-0.05, 0) is 24.3 Å². The number of carbonyl (C=O) groups excluding carboxylic acids is 1. The Morgan fingerprint density at radius 1 is 1.17 bits per heavy atom. The quantitative estimate of drug-likeness (QED) is 0.624. The first kappa shape index (κ1) is 8.73. The van der Waals surface area contributed by atoms with E-state index in [-0.39, 0.29) is 4.90 Å². The van der Waals surface area contributed by atoms with E-state index in [1.807, 2.05) is 0 Å². The summed E-state index contributed by atoms with van der Waals surface area (Å²) in [5.74, 6) is -0.567. The molecule has 5 heteroatoms. The minimum absolute atomic E-state index is 0.176. The first-order valence-corrected chi connectivity index (χ1v) is 4.33. The van der Waals surface area contributed by atoms with E-state index in [0.717, 1.165) is 0 Å². The summed E-state index contributed by atoms with van der Waals surface area (Å²) in [6, 6.07) is 5.43. The third-order valence-electron chi connectivity index (χ3n) is 1.36. The zero-order valence-corrected chi connectivity index (χ0v) is 6.95. The molecule has 0 radical (unpaired) electrons. The number of rotatable bonds is 2. The van der Waals surface area contributed by atoms with Gasteiger partial charge in [-0.1, -0.05) is 0 Å². The molecular formula is C7H7NO3S. The number of amides is 1. The first-order chi connectivity index (χ1) is 5.61. The number of nitrogens with two attached hydrogens (primary N) is 1. The lowest BCUT2D eigenvalue weighted by atomic mass is 10.2. The third kappa shape index (κ3) is 1.82. The highest BCUT2D eigenvalue weighted by Crippen LogP contribution is 2.04. The van der Waals surface area contributed by atoms with E-state index in [2.05, 4.69) is 0 Å². The van der Waals surface area contributed by atoms with Crippen LogP contribution in [-0.2, 0) is 10.7 Å². The SMILES string of the molecule is NC(=O)c1ccc([SH](=O)=O)cc1. The Morgan fingerprint density at radius 2 is 1.67 bits per heavy atom. The van der Waals surface area contributed by atoms with Crippen LogP contribution in [0.3, 0.4) is 0 Å². The second-order valence-corrected chi connectivity index (χ2v) is 3.20. The van der Waals surface area contributed by atoms with Gasteiger partial charge in [-0.15, -0.1) is 0 Å². The fraction of sp³-hybridized carbons (Fsp3) is 0. The molecule has 0 saturated heterocycles. The highest BCUT2D eigenvalue weighted by Gasteiger charge is 1.99. The van der Waals surface area contributed by atoms with E-state index in [9.17, 15) is 13.2 Å². The molecule has 64 valence electrons. The minimum Gasteiger partial charge on any atom is -0.366 e. The number of primary amides is 1. The van der Waals surface area contributed by atoms with Gasteiger partial charge in [0.15, 0.2) is 10.7 Å². The van der Waals surface area contributed by atoms with Crippen LogP contribution in [0.2, 0.25) is 0 Å². The van der Waals surface area contributed by atoms with E-state index in [1.54, 1.807) is 0 Å². The molecule has 2 N–H and O–H groups in total. The Labute approximate surface area is 71.0 Å². The molecule has 0 aromatic heterocycles. The van der Waals surface area contributed by atoms with E-state index in [1.165, 1.54) is 24.3 Å². The predicted octanol–water partition coefficient (Wildman–Crippen LogP) is -0.244. The van der Waals surface area contributed by atoms with Gasteiger partial charge >= 0.3 is 0 Å². The monoisotopic (exact) mass is 185 g/mol. The smallest absolute Gasteiger partial charge is 0.248 e. The van der Waals surface area contributed by atoms with Crippen molar-refractivity contribution in [3.8, 4) is 0 Å². The van der Waals surface area contributed by atoms with Crippen molar-refractivity contribution in [2.45, 2.75) is 4.90 Å². The summed E-state index contributed by atoms with van der Waals surface area (Å²) in [7, 11) is -2.58. The van der Waals surface area contributed by atoms with Crippen molar-refractivity contribution in [3.63, 3.8) is 0 Å². The number of hydrogen-bond donors (Lipinski definition) is 2. The molecule has 0 fully saturated rings. The van der Waals surface area contributed by atoms with E-state index in [4.69, 9.17) is 5.73 Å². The number of benzene rings is 1. The predicted molar refractivity (Wildman–Crippen MR) is 43.5 cm³/mol. The average molecular weight is 185 g/mol. The Balaban J connectivity index is 3.09. The largest absolute Gasteiger partial charge is 0.366 e. The Morgan fingerprint density at radius 3 is 2.00 bits per heavy atom. The Kier molecular flexibility index (Phi) is 2.44. The van der Waals surface area contributed by atoms with Crippen molar-refractivity contribution in [1.29, 1.82) is 0 Å². The molecule has 0 unspecified atom stereocenters. The van der Waals surface area contributed by atoms with Crippen molar-refractivity contribution in [1.82, 2.24) is 0 Å². The van der Waals surface area contributed by atoms with Crippen molar-refractivity contribution in [2.75, 3.05) is 0 Å². The summed E-state index contributed by atoms with van der Waals surface area (Å²) >= 11 is 0. The van der Waals surface area contributed by atoms with Gasteiger partial charge in [-0.3, -0.25) is 4.79 Å². The highest BCUT2D eigenvalue weighted by molar-refractivity contribution is 7.72. The fourth-order valence-electron chi connectivity index (χ4n) is 0.747. The first-order valence-electron chi connectivity index (χ1n) is 3.15. The summed E-state index contributed by atoms with van der Waals surface area (Å²) in [5.41, 5.74) is 5.25. The lowest BCUT2D eigenvalue weighted by Crippen LogP contribution is -2.10. The number of thiol groups is 1. The van der Waals surface area contributed by atoms with Crippen LogP contribution in [0, 0.1) is 0 Å². The second-order valence-electron chi connectivity index (χ2n) is 2.17. The molecule has 0 spiro atoms. The maximum Gasteiger partial charge on any atom is 0.248 e. The summed E-state index contributed by atoms with van der Waals surface area (Å²) < 4.78 is 20.8. The molecule has 0 aliphatic carbocycles. The molecule has 1 rings (SSSR count). The molecule has 0 aliphatic heterocycles. The molecule has 0 saturated carbocycles. The molecule has 1 amide bonds. The van der Waals surface area contributed by atoms with Crippen LogP contribution in [0.4, 0.5) is 0 Å². The van der Waals surface area contributed by atoms with Gasteiger partial charge in [0.25, 0.3) is 0 Å². The number of carbonyl (C=O) groups is 1. The lowest BCUT2D eigenvalue weighted by Gasteiger charge is -1.93. The molecule has 0 atom stereocenters. The van der Waals surface area contributed by atoms with Crippen molar-refractivity contribution >= 4 is 16.6 Å². The summed E-state index contributed by atoms with van der Waals surface area (Å²) in [6.07, 6.45) is 0. The van der Waals surface area contributed by atoms with Gasteiger partial charge in [-0.2, -0.15) is 0 Å². The zero-order valence-electron chi connectivity index (χ0n) is 6.06. The van der Waals surface area contributed by atoms with E-state index in [0.29, 0.717) is 5.56 Å². The molecule has 4 nitrogen and oxygen atoms in total. The van der Waals surface area contributed by atoms with E-state index < -0.39 is 16.6 Å². The molecular weight excluding hydrogens is 178 g/mol. The van der Waals surface area contributed by atoms with Crippen LogP contribution in [0.5, 0.6) is 0 Å². The fourth-order valence-corrected chi connectivity index (χ4v) is 1.14. The average Bonchev–Trinajstić information content (AvgIpc) is 2.04. The van der Waals surface area contributed by atoms with Crippen LogP contribution in [0.25, 0.3) is 0 Å². The van der Waals surface area contributed by atoms with Gasteiger partial charge in [0.1, 0.15) is 0 Å². The third-order valence-corrected chi connectivity index (χ3v) is 2.08. The molecule has 0 bridgehead atoms. The summed E-state index contributed by atoms with van der Waals surface area (Å²) in [4.78, 5) is 10.7. The second kappa shape index (κ2) is 3.36. The Hall–Kier alpha value is -1.36. The van der Waals surface area contributed by atoms with Crippen molar-refractivity contribution < 1.29 is 13.2 Å². The van der Waals surface area contributed by atoms with Crippen molar-refractivity contribution in [3.05, 3.63) is 29.8 Å². The maximum absolute atomic E-state index is 10.6. The van der Waals surface area contributed by atoms with Crippen LogP contribution in [0.15, 0.2) is 29.2 Å². The Bertz CT molecular complexity index is 359. The van der Waals surface area contributed by atoms with Crippen LogP contribution < -0.4 is 5.73 Å². The standard InChI is InChI=1S/C7H7NO3S/c8-7(9)5-1-3-6(4-2-5)12(10)11/h1-4,12H,(H2,8,9). The summed E-state index contributed by atoms with van der Waals surface area (Å²) in [5, 5.41) is 0. The van der Waals surface area contributed by atoms with Crippen LogP contribution in [-0.4, -0.2) is 14.3 Å². The maximum atomic E-state index is 10.6. The van der Waals surface area contributed by atoms with Gasteiger partial charge in [0.2, 0.25) is 5.91 Å². The van der Waals surface area contributed by atoms with Gasteiger partial charge in [0.05, 0.1) is 4.90 Å². The zero-order chi connectivity index (χ0) is 9.14. The molecule has 1 aromatic rings. The van der Waals surface area contributed by atoms with Crippen LogP contribution >= 0.6 is 0 Å². The minimum atomic E-state index is -2.58. The van der Waals surface area contributed by atoms with Crippen molar-refractivity contribution in [2.24, 2.45) is 5.73 Å². The van der Waals surface area contributed by atoms with Crippen LogP contribution in [0.1, 0.15) is 10.4 Å². The summed E-state index contributed by atoms with van der Waals surface area (Å²) in [6.45, 7) is 0. The highest BCUT2D eigenvalue weighted by atomic mass is 32.2. The lowest BCUT2D eigenvalue weighted by molar-refractivity contribution is 0.1000. The molecule has 12 heavy (non-hydrogen) atoms. The van der Waals surface area contributed by atoms with E-state index >= 15 is 0 Å². The number of hydrogen-bond acceptors (Lipinski definition) is 3. The molecule has 1 aromatic carbocycles. The molecule has 0 aliphatic rings. The van der Waals surface area contributed by atoms with Gasteiger partial charge < -0.3 is 5.73 Å².